The first-order chi connectivity index (χ1) is 15.2. The number of hydrogen-bond acceptors (Lipinski definition) is 4. The highest BCUT2D eigenvalue weighted by Gasteiger charge is 2.23. The average Bonchev–Trinajstić information content (AvgIpc) is 2.76. The van der Waals surface area contributed by atoms with Crippen molar-refractivity contribution in [3.63, 3.8) is 0 Å². The smallest absolute Gasteiger partial charge is 0.257 e. The van der Waals surface area contributed by atoms with E-state index >= 15 is 0 Å². The van der Waals surface area contributed by atoms with Crippen molar-refractivity contribution in [3.8, 4) is 0 Å². The SMILES string of the molecule is CN(CC(=O)Nc1ccccc1C(=O)Nc1ccc(Cl)cc1)S(=O)(=O)c1ccc(F)cc1. The summed E-state index contributed by atoms with van der Waals surface area (Å²) in [6, 6.07) is 17.1. The largest absolute Gasteiger partial charge is 0.324 e. The van der Waals surface area contributed by atoms with Crippen LogP contribution < -0.4 is 10.6 Å². The predicted molar refractivity (Wildman–Crippen MR) is 121 cm³/mol. The Labute approximate surface area is 189 Å². The first-order valence-electron chi connectivity index (χ1n) is 9.34. The molecule has 0 heterocycles. The van der Waals surface area contributed by atoms with E-state index in [1.165, 1.54) is 19.2 Å². The van der Waals surface area contributed by atoms with Gasteiger partial charge in [0.1, 0.15) is 5.82 Å². The van der Waals surface area contributed by atoms with Crippen molar-refractivity contribution >= 4 is 44.8 Å². The van der Waals surface area contributed by atoms with Crippen molar-refractivity contribution in [1.29, 1.82) is 0 Å². The fraction of sp³-hybridized carbons (Fsp3) is 0.0909. The summed E-state index contributed by atoms with van der Waals surface area (Å²) < 4.78 is 39.1. The number of carbonyl (C=O) groups excluding carboxylic acids is 2. The van der Waals surface area contributed by atoms with Gasteiger partial charge in [-0.15, -0.1) is 0 Å². The number of carbonyl (C=O) groups is 2. The number of hydrogen-bond donors (Lipinski definition) is 2. The molecule has 0 unspecified atom stereocenters. The Kier molecular flexibility index (Phi) is 7.24. The fourth-order valence-electron chi connectivity index (χ4n) is 2.79. The van der Waals surface area contributed by atoms with E-state index in [0.29, 0.717) is 10.7 Å². The maximum Gasteiger partial charge on any atom is 0.257 e. The van der Waals surface area contributed by atoms with Gasteiger partial charge in [-0.3, -0.25) is 9.59 Å². The molecule has 0 atom stereocenters. The van der Waals surface area contributed by atoms with Gasteiger partial charge in [0.15, 0.2) is 0 Å². The predicted octanol–water partition coefficient (Wildman–Crippen LogP) is 3.99. The molecule has 0 aliphatic rings. The lowest BCUT2D eigenvalue weighted by atomic mass is 10.1. The Morgan fingerprint density at radius 1 is 0.938 bits per heavy atom. The molecule has 32 heavy (non-hydrogen) atoms. The molecule has 0 radical (unpaired) electrons. The van der Waals surface area contributed by atoms with Crippen LogP contribution in [0.15, 0.2) is 77.7 Å². The number of nitrogens with zero attached hydrogens (tertiary/aromatic N) is 1. The quantitative estimate of drug-likeness (QED) is 0.540. The molecule has 0 aliphatic heterocycles. The summed E-state index contributed by atoms with van der Waals surface area (Å²) in [5, 5.41) is 5.79. The third-order valence-corrected chi connectivity index (χ3v) is 6.51. The summed E-state index contributed by atoms with van der Waals surface area (Å²) in [4.78, 5) is 25.0. The van der Waals surface area contributed by atoms with E-state index in [2.05, 4.69) is 10.6 Å². The van der Waals surface area contributed by atoms with E-state index < -0.39 is 34.2 Å². The maximum absolute atomic E-state index is 13.1. The fourth-order valence-corrected chi connectivity index (χ4v) is 4.04. The van der Waals surface area contributed by atoms with Gasteiger partial charge >= 0.3 is 0 Å². The molecule has 0 saturated heterocycles. The van der Waals surface area contributed by atoms with Gasteiger partial charge in [-0.1, -0.05) is 23.7 Å². The monoisotopic (exact) mass is 475 g/mol. The molecule has 7 nitrogen and oxygen atoms in total. The number of halogens is 2. The van der Waals surface area contributed by atoms with Gasteiger partial charge in [0.2, 0.25) is 15.9 Å². The van der Waals surface area contributed by atoms with Gasteiger partial charge in [0, 0.05) is 17.8 Å². The second kappa shape index (κ2) is 9.90. The zero-order valence-corrected chi connectivity index (χ0v) is 18.5. The summed E-state index contributed by atoms with van der Waals surface area (Å²) >= 11 is 5.84. The van der Waals surface area contributed by atoms with Crippen LogP contribution >= 0.6 is 11.6 Å². The minimum atomic E-state index is -4.00. The summed E-state index contributed by atoms with van der Waals surface area (Å²) in [6.07, 6.45) is 0. The minimum Gasteiger partial charge on any atom is -0.324 e. The summed E-state index contributed by atoms with van der Waals surface area (Å²) in [7, 11) is -2.76. The van der Waals surface area contributed by atoms with E-state index in [9.17, 15) is 22.4 Å². The van der Waals surface area contributed by atoms with Crippen LogP contribution in [0.2, 0.25) is 5.02 Å². The van der Waals surface area contributed by atoms with Crippen LogP contribution in [0.25, 0.3) is 0 Å². The molecule has 166 valence electrons. The lowest BCUT2D eigenvalue weighted by molar-refractivity contribution is -0.116. The number of likely N-dealkylation sites (N-methyl/N-ethyl adjacent to an activating group) is 1. The van der Waals surface area contributed by atoms with Crippen molar-refractivity contribution in [2.75, 3.05) is 24.2 Å². The van der Waals surface area contributed by atoms with Gasteiger partial charge in [0.25, 0.3) is 5.91 Å². The number of nitrogens with one attached hydrogen (secondary N) is 2. The Morgan fingerprint density at radius 3 is 2.22 bits per heavy atom. The molecule has 0 bridgehead atoms. The Bertz CT molecular complexity index is 1230. The molecular weight excluding hydrogens is 457 g/mol. The highest BCUT2D eigenvalue weighted by Crippen LogP contribution is 2.20. The lowest BCUT2D eigenvalue weighted by Gasteiger charge is -2.17. The maximum atomic E-state index is 13.1. The highest BCUT2D eigenvalue weighted by molar-refractivity contribution is 7.89. The first kappa shape index (κ1) is 23.4. The van der Waals surface area contributed by atoms with Crippen molar-refractivity contribution in [2.24, 2.45) is 0 Å². The van der Waals surface area contributed by atoms with Crippen LogP contribution in [0.3, 0.4) is 0 Å². The van der Waals surface area contributed by atoms with Gasteiger partial charge in [-0.25, -0.2) is 12.8 Å². The summed E-state index contributed by atoms with van der Waals surface area (Å²) in [6.45, 7) is -0.507. The molecule has 2 amide bonds. The number of anilines is 2. The van der Waals surface area contributed by atoms with Crippen molar-refractivity contribution in [1.82, 2.24) is 4.31 Å². The molecule has 0 aromatic heterocycles. The van der Waals surface area contributed by atoms with Crippen LogP contribution in [0.1, 0.15) is 10.4 Å². The number of amides is 2. The summed E-state index contributed by atoms with van der Waals surface area (Å²) in [5.74, 6) is -1.68. The Hall–Kier alpha value is -3.27. The highest BCUT2D eigenvalue weighted by atomic mass is 35.5. The Balaban J connectivity index is 1.70. The molecule has 0 fully saturated rings. The Morgan fingerprint density at radius 2 is 1.56 bits per heavy atom. The van der Waals surface area contributed by atoms with Crippen LogP contribution in [0.4, 0.5) is 15.8 Å². The summed E-state index contributed by atoms with van der Waals surface area (Å²) in [5.41, 5.74) is 0.932. The second-order valence-electron chi connectivity index (χ2n) is 6.77. The van der Waals surface area contributed by atoms with Gasteiger partial charge in [0.05, 0.1) is 22.7 Å². The van der Waals surface area contributed by atoms with E-state index in [1.54, 1.807) is 36.4 Å². The van der Waals surface area contributed by atoms with Crippen molar-refractivity contribution in [3.05, 3.63) is 89.2 Å². The molecule has 0 saturated carbocycles. The number of benzene rings is 3. The minimum absolute atomic E-state index is 0.142. The van der Waals surface area contributed by atoms with Crippen LogP contribution in [0, 0.1) is 5.82 Å². The van der Waals surface area contributed by atoms with E-state index in [-0.39, 0.29) is 16.1 Å². The number of para-hydroxylation sites is 1. The van der Waals surface area contributed by atoms with Gasteiger partial charge in [-0.05, 0) is 60.7 Å². The third kappa shape index (κ3) is 5.70. The van der Waals surface area contributed by atoms with Crippen molar-refractivity contribution < 1.29 is 22.4 Å². The topological polar surface area (TPSA) is 95.6 Å². The van der Waals surface area contributed by atoms with E-state index in [0.717, 1.165) is 28.6 Å². The van der Waals surface area contributed by atoms with Crippen LogP contribution in [0.5, 0.6) is 0 Å². The molecule has 10 heteroatoms. The van der Waals surface area contributed by atoms with Crippen molar-refractivity contribution in [2.45, 2.75) is 4.90 Å². The molecule has 0 aliphatic carbocycles. The molecule has 2 N–H and O–H groups in total. The third-order valence-electron chi connectivity index (χ3n) is 4.44. The van der Waals surface area contributed by atoms with Gasteiger partial charge in [-0.2, -0.15) is 4.31 Å². The molecular formula is C22H19ClFN3O4S. The first-order valence-corrected chi connectivity index (χ1v) is 11.2. The van der Waals surface area contributed by atoms with E-state index in [1.807, 2.05) is 0 Å². The van der Waals surface area contributed by atoms with E-state index in [4.69, 9.17) is 11.6 Å². The number of sulfonamides is 1. The molecule has 3 rings (SSSR count). The molecule has 3 aromatic carbocycles. The van der Waals surface area contributed by atoms with Crippen LogP contribution in [-0.4, -0.2) is 38.1 Å². The lowest BCUT2D eigenvalue weighted by Crippen LogP contribution is -2.35. The molecule has 0 spiro atoms. The normalized spacial score (nSPS) is 11.2. The zero-order chi connectivity index (χ0) is 23.3. The number of rotatable bonds is 7. The second-order valence-corrected chi connectivity index (χ2v) is 9.25. The average molecular weight is 476 g/mol. The van der Waals surface area contributed by atoms with Gasteiger partial charge < -0.3 is 10.6 Å². The molecule has 3 aromatic rings. The standard InChI is InChI=1S/C22H19ClFN3O4S/c1-27(32(30,31)18-12-8-16(24)9-13-18)14-21(28)26-20-5-3-2-4-19(20)22(29)25-17-10-6-15(23)7-11-17/h2-13H,14H2,1H3,(H,25,29)(H,26,28). The van der Waals surface area contributed by atoms with Crippen LogP contribution in [-0.2, 0) is 14.8 Å². The zero-order valence-electron chi connectivity index (χ0n) is 16.9.